The molecule has 0 heterocycles. The van der Waals surface area contributed by atoms with Gasteiger partial charge in [-0.25, -0.2) is 8.42 Å². The lowest BCUT2D eigenvalue weighted by atomic mass is 10.0. The molecular formula is C14H20ClNO3S. The first kappa shape index (κ1) is 17.0. The van der Waals surface area contributed by atoms with E-state index in [0.29, 0.717) is 24.4 Å². The Bertz CT molecular complexity index is 596. The van der Waals surface area contributed by atoms with E-state index in [2.05, 4.69) is 0 Å². The highest BCUT2D eigenvalue weighted by molar-refractivity contribution is 8.13. The fourth-order valence-electron chi connectivity index (χ4n) is 2.05. The highest BCUT2D eigenvalue weighted by Gasteiger charge is 2.19. The van der Waals surface area contributed by atoms with Crippen LogP contribution in [0.2, 0.25) is 0 Å². The minimum atomic E-state index is -3.83. The molecule has 6 heteroatoms. The number of nitrogens with zero attached hydrogens (tertiary/aromatic N) is 1. The van der Waals surface area contributed by atoms with Crippen LogP contribution in [0.15, 0.2) is 23.1 Å². The Labute approximate surface area is 125 Å². The van der Waals surface area contributed by atoms with Gasteiger partial charge in [0.05, 0.1) is 4.90 Å². The summed E-state index contributed by atoms with van der Waals surface area (Å²) >= 11 is 0. The van der Waals surface area contributed by atoms with Crippen molar-refractivity contribution in [3.8, 4) is 0 Å². The van der Waals surface area contributed by atoms with Gasteiger partial charge >= 0.3 is 0 Å². The Morgan fingerprint density at radius 2 is 1.95 bits per heavy atom. The van der Waals surface area contributed by atoms with E-state index in [9.17, 15) is 13.2 Å². The molecular weight excluding hydrogens is 298 g/mol. The third-order valence-electron chi connectivity index (χ3n) is 2.96. The fraction of sp³-hybridized carbons (Fsp3) is 0.500. The van der Waals surface area contributed by atoms with Crippen molar-refractivity contribution in [3.63, 3.8) is 0 Å². The van der Waals surface area contributed by atoms with E-state index in [1.54, 1.807) is 18.0 Å². The van der Waals surface area contributed by atoms with Crippen LogP contribution in [0.5, 0.6) is 0 Å². The van der Waals surface area contributed by atoms with Gasteiger partial charge < -0.3 is 4.90 Å². The third kappa shape index (κ3) is 4.21. The zero-order valence-corrected chi connectivity index (χ0v) is 13.8. The quantitative estimate of drug-likeness (QED) is 0.785. The molecule has 0 aromatic heterocycles. The van der Waals surface area contributed by atoms with E-state index in [4.69, 9.17) is 10.7 Å². The molecule has 0 radical (unpaired) electrons. The average molecular weight is 318 g/mol. The number of hydrogen-bond acceptors (Lipinski definition) is 3. The maximum atomic E-state index is 12.4. The third-order valence-corrected chi connectivity index (χ3v) is 4.31. The van der Waals surface area contributed by atoms with E-state index in [-0.39, 0.29) is 10.8 Å². The number of hydrogen-bond donors (Lipinski definition) is 0. The van der Waals surface area contributed by atoms with Gasteiger partial charge in [0.25, 0.3) is 15.0 Å². The summed E-state index contributed by atoms with van der Waals surface area (Å²) in [6.45, 7) is 6.57. The molecule has 0 unspecified atom stereocenters. The van der Waals surface area contributed by atoms with Crippen molar-refractivity contribution in [2.24, 2.45) is 5.92 Å². The number of carbonyl (C=O) groups is 1. The van der Waals surface area contributed by atoms with Crippen LogP contribution < -0.4 is 0 Å². The summed E-state index contributed by atoms with van der Waals surface area (Å²) in [5.41, 5.74) is 1.21. The fourth-order valence-corrected chi connectivity index (χ4v) is 2.83. The minimum absolute atomic E-state index is 0.0438. The molecule has 0 saturated carbocycles. The monoisotopic (exact) mass is 317 g/mol. The maximum absolute atomic E-state index is 12.4. The standard InChI is InChI=1S/C14H20ClNO3S/c1-5-11-6-7-12(20(15,18)19)8-13(11)14(17)16(4)9-10(2)3/h6-8,10H,5,9H2,1-4H3. The van der Waals surface area contributed by atoms with Crippen LogP contribution in [0.3, 0.4) is 0 Å². The summed E-state index contributed by atoms with van der Waals surface area (Å²) in [5, 5.41) is 0. The predicted octanol–water partition coefficient (Wildman–Crippen LogP) is 2.90. The van der Waals surface area contributed by atoms with Gasteiger partial charge in [-0.1, -0.05) is 26.8 Å². The highest BCUT2D eigenvalue weighted by Crippen LogP contribution is 2.21. The second-order valence-electron chi connectivity index (χ2n) is 5.19. The molecule has 0 aliphatic heterocycles. The van der Waals surface area contributed by atoms with E-state index >= 15 is 0 Å². The number of benzene rings is 1. The Kier molecular flexibility index (Phi) is 5.59. The van der Waals surface area contributed by atoms with Crippen molar-refractivity contribution in [2.45, 2.75) is 32.1 Å². The molecule has 0 N–H and O–H groups in total. The first-order valence-electron chi connectivity index (χ1n) is 6.49. The van der Waals surface area contributed by atoms with Crippen molar-refractivity contribution in [2.75, 3.05) is 13.6 Å². The van der Waals surface area contributed by atoms with Gasteiger partial charge in [-0.2, -0.15) is 0 Å². The van der Waals surface area contributed by atoms with Crippen molar-refractivity contribution in [1.82, 2.24) is 4.90 Å². The summed E-state index contributed by atoms with van der Waals surface area (Å²) in [6.07, 6.45) is 0.652. The van der Waals surface area contributed by atoms with E-state index in [1.807, 2.05) is 20.8 Å². The van der Waals surface area contributed by atoms with E-state index in [0.717, 1.165) is 5.56 Å². The molecule has 0 spiro atoms. The largest absolute Gasteiger partial charge is 0.341 e. The van der Waals surface area contributed by atoms with Gasteiger partial charge in [-0.3, -0.25) is 4.79 Å². The molecule has 0 fully saturated rings. The molecule has 1 aromatic carbocycles. The Hall–Kier alpha value is -1.07. The summed E-state index contributed by atoms with van der Waals surface area (Å²) < 4.78 is 22.8. The Morgan fingerprint density at radius 1 is 1.35 bits per heavy atom. The maximum Gasteiger partial charge on any atom is 0.261 e. The lowest BCUT2D eigenvalue weighted by Crippen LogP contribution is -2.31. The van der Waals surface area contributed by atoms with Crippen LogP contribution in [-0.2, 0) is 15.5 Å². The van der Waals surface area contributed by atoms with Gasteiger partial charge in [-0.15, -0.1) is 0 Å². The van der Waals surface area contributed by atoms with Gasteiger partial charge in [0.2, 0.25) is 0 Å². The van der Waals surface area contributed by atoms with Crippen LogP contribution in [-0.4, -0.2) is 32.8 Å². The molecule has 1 rings (SSSR count). The molecule has 0 aliphatic carbocycles. The zero-order chi connectivity index (χ0) is 15.5. The van der Waals surface area contributed by atoms with Crippen molar-refractivity contribution in [1.29, 1.82) is 0 Å². The topological polar surface area (TPSA) is 54.5 Å². The van der Waals surface area contributed by atoms with Crippen LogP contribution >= 0.6 is 10.7 Å². The molecule has 20 heavy (non-hydrogen) atoms. The lowest BCUT2D eigenvalue weighted by molar-refractivity contribution is 0.0778. The van der Waals surface area contributed by atoms with Crippen LogP contribution in [0.1, 0.15) is 36.7 Å². The van der Waals surface area contributed by atoms with Crippen molar-refractivity contribution >= 4 is 25.6 Å². The number of aryl methyl sites for hydroxylation is 1. The summed E-state index contributed by atoms with van der Waals surface area (Å²) in [6, 6.07) is 4.44. The smallest absolute Gasteiger partial charge is 0.261 e. The number of carbonyl (C=O) groups excluding carboxylic acids is 1. The first-order valence-corrected chi connectivity index (χ1v) is 8.80. The second-order valence-corrected chi connectivity index (χ2v) is 7.76. The highest BCUT2D eigenvalue weighted by atomic mass is 35.7. The molecule has 1 amide bonds. The molecule has 1 aromatic rings. The summed E-state index contributed by atoms with van der Waals surface area (Å²) in [4.78, 5) is 14.0. The lowest BCUT2D eigenvalue weighted by Gasteiger charge is -2.21. The Morgan fingerprint density at radius 3 is 2.40 bits per heavy atom. The van der Waals surface area contributed by atoms with Gasteiger partial charge in [0, 0.05) is 29.8 Å². The molecule has 112 valence electrons. The van der Waals surface area contributed by atoms with Gasteiger partial charge in [-0.05, 0) is 30.0 Å². The molecule has 0 bridgehead atoms. The van der Waals surface area contributed by atoms with E-state index in [1.165, 1.54) is 12.1 Å². The molecule has 0 saturated heterocycles. The Balaban J connectivity index is 3.24. The molecule has 0 atom stereocenters. The average Bonchev–Trinajstić information content (AvgIpc) is 2.35. The molecule has 0 aliphatic rings. The summed E-state index contributed by atoms with van der Waals surface area (Å²) in [7, 11) is 3.22. The number of rotatable bonds is 5. The van der Waals surface area contributed by atoms with Crippen LogP contribution in [0.25, 0.3) is 0 Å². The number of amides is 1. The summed E-state index contributed by atoms with van der Waals surface area (Å²) in [5.74, 6) is 0.159. The van der Waals surface area contributed by atoms with Crippen molar-refractivity contribution in [3.05, 3.63) is 29.3 Å². The van der Waals surface area contributed by atoms with Gasteiger partial charge in [0.15, 0.2) is 0 Å². The molecule has 4 nitrogen and oxygen atoms in total. The predicted molar refractivity (Wildman–Crippen MR) is 80.7 cm³/mol. The SMILES string of the molecule is CCc1ccc(S(=O)(=O)Cl)cc1C(=O)N(C)CC(C)C. The van der Waals surface area contributed by atoms with Crippen LogP contribution in [0.4, 0.5) is 0 Å². The van der Waals surface area contributed by atoms with Crippen LogP contribution in [0, 0.1) is 5.92 Å². The van der Waals surface area contributed by atoms with Gasteiger partial charge in [0.1, 0.15) is 0 Å². The second kappa shape index (κ2) is 6.59. The normalized spacial score (nSPS) is 11.7. The minimum Gasteiger partial charge on any atom is -0.341 e. The first-order chi connectivity index (χ1) is 9.16. The zero-order valence-electron chi connectivity index (χ0n) is 12.2. The van der Waals surface area contributed by atoms with Crippen molar-refractivity contribution < 1.29 is 13.2 Å². The van der Waals surface area contributed by atoms with E-state index < -0.39 is 9.05 Å². The number of halogens is 1.